The summed E-state index contributed by atoms with van der Waals surface area (Å²) in [5.74, 6) is -2.26. The predicted octanol–water partition coefficient (Wildman–Crippen LogP) is 0.666. The smallest absolute Gasteiger partial charge is 0.490 e. The van der Waals surface area contributed by atoms with E-state index in [9.17, 15) is 23.2 Å². The van der Waals surface area contributed by atoms with Crippen molar-refractivity contribution >= 4 is 5.97 Å². The van der Waals surface area contributed by atoms with Gasteiger partial charge in [0.1, 0.15) is 13.2 Å². The third-order valence-electron chi connectivity index (χ3n) is 1.09. The highest BCUT2D eigenvalue weighted by Gasteiger charge is 2.40. The summed E-state index contributed by atoms with van der Waals surface area (Å²) >= 11 is 0. The van der Waals surface area contributed by atoms with Gasteiger partial charge >= 0.3 is 12.1 Å². The van der Waals surface area contributed by atoms with Crippen molar-refractivity contribution in [2.24, 2.45) is 0 Å². The summed E-state index contributed by atoms with van der Waals surface area (Å²) in [5.41, 5.74) is 0. The zero-order chi connectivity index (χ0) is 10.7. The lowest BCUT2D eigenvalue weighted by Gasteiger charge is -2.33. The van der Waals surface area contributed by atoms with Crippen molar-refractivity contribution in [1.82, 2.24) is 0 Å². The second kappa shape index (κ2) is 3.93. The lowest BCUT2D eigenvalue weighted by Crippen LogP contribution is -2.37. The van der Waals surface area contributed by atoms with E-state index in [2.05, 4.69) is 4.74 Å². The van der Waals surface area contributed by atoms with Crippen molar-refractivity contribution in [3.63, 3.8) is 0 Å². The fourth-order valence-corrected chi connectivity index (χ4v) is 0.440. The third-order valence-corrected chi connectivity index (χ3v) is 1.09. The zero-order valence-electron chi connectivity index (χ0n) is 7.22. The highest BCUT2D eigenvalue weighted by atomic mass is 19.4. The zero-order valence-corrected chi connectivity index (χ0v) is 7.22. The summed E-state index contributed by atoms with van der Waals surface area (Å²) in [7, 11) is 2.48. The highest BCUT2D eigenvalue weighted by molar-refractivity contribution is 5.75. The molecule has 0 aliphatic carbocycles. The van der Waals surface area contributed by atoms with Crippen LogP contribution in [0.5, 0.6) is 0 Å². The second-order valence-electron chi connectivity index (χ2n) is 2.93. The maximum absolute atomic E-state index is 11.5. The van der Waals surface area contributed by atoms with E-state index in [1.165, 1.54) is 14.1 Å². The van der Waals surface area contributed by atoms with Crippen molar-refractivity contribution in [1.29, 1.82) is 0 Å². The molecule has 0 saturated carbocycles. The molecule has 0 atom stereocenters. The second-order valence-corrected chi connectivity index (χ2v) is 2.93. The number of ether oxygens (including phenoxy) is 1. The first-order chi connectivity index (χ1) is 5.63. The summed E-state index contributed by atoms with van der Waals surface area (Å²) in [6.45, 7) is -0.739. The molecule has 0 radical (unpaired) electrons. The van der Waals surface area contributed by atoms with Gasteiger partial charge in [0.15, 0.2) is 0 Å². The number of nitrogens with zero attached hydrogens (tertiary/aromatic N) is 1. The molecule has 0 bridgehead atoms. The van der Waals surface area contributed by atoms with Crippen LogP contribution in [0.25, 0.3) is 0 Å². The van der Waals surface area contributed by atoms with Gasteiger partial charge in [-0.15, -0.1) is 0 Å². The Kier molecular flexibility index (Phi) is 3.68. The summed E-state index contributed by atoms with van der Waals surface area (Å²) in [4.78, 5) is 10.1. The Bertz CT molecular complexity index is 185. The average Bonchev–Trinajstić information content (AvgIpc) is 1.82. The number of quaternary nitrogens is 1. The Balaban J connectivity index is 3.74. The Hall–Kier alpha value is -0.820. The Morgan fingerprint density at radius 3 is 2.23 bits per heavy atom. The van der Waals surface area contributed by atoms with Crippen LogP contribution in [0, 0.1) is 5.21 Å². The van der Waals surface area contributed by atoms with Gasteiger partial charge in [0.25, 0.3) is 0 Å². The standard InChI is InChI=1S/C6H10F3NO3/c1-10(2,12)3-4-13-5(11)6(7,8)9/h3-4H2,1-2H3. The lowest BCUT2D eigenvalue weighted by molar-refractivity contribution is -0.840. The molecule has 0 aromatic carbocycles. The molecular weight excluding hydrogens is 191 g/mol. The van der Waals surface area contributed by atoms with Crippen LogP contribution in [-0.2, 0) is 9.53 Å². The quantitative estimate of drug-likeness (QED) is 0.383. The van der Waals surface area contributed by atoms with E-state index < -0.39 is 23.4 Å². The summed E-state index contributed by atoms with van der Waals surface area (Å²) < 4.78 is 37.5. The minimum absolute atomic E-state index is 0.207. The minimum atomic E-state index is -4.99. The molecule has 0 fully saturated rings. The van der Waals surface area contributed by atoms with Crippen molar-refractivity contribution in [3.05, 3.63) is 5.21 Å². The molecule has 0 unspecified atom stereocenters. The van der Waals surface area contributed by atoms with E-state index in [4.69, 9.17) is 0 Å². The van der Waals surface area contributed by atoms with Gasteiger partial charge in [0.2, 0.25) is 0 Å². The fourth-order valence-electron chi connectivity index (χ4n) is 0.440. The van der Waals surface area contributed by atoms with Crippen LogP contribution >= 0.6 is 0 Å². The molecule has 0 spiro atoms. The monoisotopic (exact) mass is 201 g/mol. The van der Waals surface area contributed by atoms with Crippen LogP contribution in [0.2, 0.25) is 0 Å². The molecule has 0 rings (SSSR count). The normalized spacial score (nSPS) is 12.8. The number of carbonyl (C=O) groups excluding carboxylic acids is 1. The van der Waals surface area contributed by atoms with Gasteiger partial charge in [-0.1, -0.05) is 0 Å². The molecule has 78 valence electrons. The third kappa shape index (κ3) is 6.35. The van der Waals surface area contributed by atoms with Crippen molar-refractivity contribution in [3.8, 4) is 0 Å². The summed E-state index contributed by atoms with van der Waals surface area (Å²) in [6.07, 6.45) is -4.99. The number of rotatable bonds is 3. The Morgan fingerprint density at radius 1 is 1.46 bits per heavy atom. The molecule has 0 aromatic rings. The maximum Gasteiger partial charge on any atom is 0.490 e. The van der Waals surface area contributed by atoms with Crippen molar-refractivity contribution in [2.45, 2.75) is 6.18 Å². The molecule has 0 aromatic heterocycles. The number of likely N-dealkylation sites (N-methyl/N-ethyl adjacent to an activating group) is 1. The molecule has 4 nitrogen and oxygen atoms in total. The average molecular weight is 201 g/mol. The molecule has 7 heteroatoms. The molecule has 0 aliphatic heterocycles. The SMILES string of the molecule is C[N+](C)([O-])CCOC(=O)C(F)(F)F. The van der Waals surface area contributed by atoms with Crippen LogP contribution in [0.15, 0.2) is 0 Å². The first-order valence-corrected chi connectivity index (χ1v) is 3.41. The number of hydrogen-bond acceptors (Lipinski definition) is 3. The van der Waals surface area contributed by atoms with E-state index in [0.29, 0.717) is 0 Å². The lowest BCUT2D eigenvalue weighted by atomic mass is 10.6. The van der Waals surface area contributed by atoms with Crippen LogP contribution in [0.3, 0.4) is 0 Å². The van der Waals surface area contributed by atoms with Crippen LogP contribution in [0.1, 0.15) is 0 Å². The number of carbonyl (C=O) groups is 1. The van der Waals surface area contributed by atoms with Crippen LogP contribution < -0.4 is 0 Å². The molecular formula is C6H10F3NO3. The molecule has 0 aliphatic rings. The van der Waals surface area contributed by atoms with Gasteiger partial charge in [0, 0.05) is 0 Å². The number of hydroxylamine groups is 3. The van der Waals surface area contributed by atoms with Gasteiger partial charge in [-0.3, -0.25) is 0 Å². The van der Waals surface area contributed by atoms with E-state index >= 15 is 0 Å². The van der Waals surface area contributed by atoms with Gasteiger partial charge in [0.05, 0.1) is 14.1 Å². The van der Waals surface area contributed by atoms with Crippen molar-refractivity contribution in [2.75, 3.05) is 27.2 Å². The predicted molar refractivity (Wildman–Crippen MR) is 37.4 cm³/mol. The molecule has 0 N–H and O–H groups in total. The van der Waals surface area contributed by atoms with Gasteiger partial charge < -0.3 is 14.6 Å². The number of alkyl halides is 3. The molecule has 13 heavy (non-hydrogen) atoms. The fraction of sp³-hybridized carbons (Fsp3) is 0.833. The van der Waals surface area contributed by atoms with E-state index in [1.807, 2.05) is 0 Å². The summed E-state index contributed by atoms with van der Waals surface area (Å²) in [5, 5.41) is 10.8. The van der Waals surface area contributed by atoms with E-state index in [0.717, 1.165) is 0 Å². The largest absolute Gasteiger partial charge is 0.633 e. The Morgan fingerprint density at radius 2 is 1.92 bits per heavy atom. The highest BCUT2D eigenvalue weighted by Crippen LogP contribution is 2.16. The first kappa shape index (κ1) is 12.2. The number of halogens is 3. The van der Waals surface area contributed by atoms with Crippen molar-refractivity contribution < 1.29 is 27.3 Å². The maximum atomic E-state index is 11.5. The first-order valence-electron chi connectivity index (χ1n) is 3.41. The van der Waals surface area contributed by atoms with E-state index in [-0.39, 0.29) is 6.54 Å². The van der Waals surface area contributed by atoms with Crippen LogP contribution in [0.4, 0.5) is 13.2 Å². The summed E-state index contributed by atoms with van der Waals surface area (Å²) in [6, 6.07) is 0. The van der Waals surface area contributed by atoms with Gasteiger partial charge in [-0.2, -0.15) is 13.2 Å². The van der Waals surface area contributed by atoms with Crippen LogP contribution in [-0.4, -0.2) is 44.0 Å². The number of esters is 1. The topological polar surface area (TPSA) is 49.4 Å². The molecule has 0 saturated heterocycles. The number of hydrogen-bond donors (Lipinski definition) is 0. The van der Waals surface area contributed by atoms with Gasteiger partial charge in [-0.05, 0) is 0 Å². The Labute approximate surface area is 73.1 Å². The molecule has 0 amide bonds. The van der Waals surface area contributed by atoms with E-state index in [1.54, 1.807) is 0 Å². The molecule has 0 heterocycles. The van der Waals surface area contributed by atoms with Gasteiger partial charge in [-0.25, -0.2) is 4.79 Å². The minimum Gasteiger partial charge on any atom is -0.633 e.